The molecule has 0 radical (unpaired) electrons. The highest BCUT2D eigenvalue weighted by Gasteiger charge is 2.30. The molecule has 0 spiro atoms. The van der Waals surface area contributed by atoms with E-state index in [4.69, 9.17) is 0 Å². The van der Waals surface area contributed by atoms with Crippen LogP contribution in [-0.2, 0) is 13.5 Å². The number of hydrogen-bond acceptors (Lipinski definition) is 5. The molecule has 1 aromatic rings. The molecular formula is C13H23N5O2. The fraction of sp³-hybridized carbons (Fsp3) is 0.769. The summed E-state index contributed by atoms with van der Waals surface area (Å²) in [5.41, 5.74) is 0.832. The molecule has 7 heteroatoms. The highest BCUT2D eigenvalue weighted by Crippen LogP contribution is 2.32. The van der Waals surface area contributed by atoms with Gasteiger partial charge in [0, 0.05) is 13.6 Å². The monoisotopic (exact) mass is 281 g/mol. The van der Waals surface area contributed by atoms with Crippen LogP contribution < -0.4 is 10.6 Å². The number of nitro groups is 1. The van der Waals surface area contributed by atoms with E-state index in [1.165, 1.54) is 0 Å². The van der Waals surface area contributed by atoms with Gasteiger partial charge in [-0.2, -0.15) is 5.10 Å². The molecule has 1 aromatic heterocycles. The molecule has 1 saturated heterocycles. The number of nitrogens with zero attached hydrogens (tertiary/aromatic N) is 3. The minimum absolute atomic E-state index is 0.118. The molecule has 2 heterocycles. The van der Waals surface area contributed by atoms with Crippen LogP contribution in [0.3, 0.4) is 0 Å². The Morgan fingerprint density at radius 1 is 1.50 bits per heavy atom. The van der Waals surface area contributed by atoms with Crippen molar-refractivity contribution in [3.8, 4) is 0 Å². The van der Waals surface area contributed by atoms with Gasteiger partial charge >= 0.3 is 5.69 Å². The normalized spacial score (nSPS) is 17.9. The van der Waals surface area contributed by atoms with E-state index in [2.05, 4.69) is 22.7 Å². The molecule has 2 N–H and O–H groups in total. The van der Waals surface area contributed by atoms with Gasteiger partial charge in [0.25, 0.3) is 0 Å². The first-order valence-electron chi connectivity index (χ1n) is 7.12. The summed E-state index contributed by atoms with van der Waals surface area (Å²) >= 11 is 0. The molecule has 0 atom stereocenters. The zero-order chi connectivity index (χ0) is 14.8. The molecule has 0 bridgehead atoms. The van der Waals surface area contributed by atoms with Crippen molar-refractivity contribution in [2.45, 2.75) is 33.1 Å². The lowest BCUT2D eigenvalue weighted by Gasteiger charge is -2.34. The van der Waals surface area contributed by atoms with Crippen LogP contribution in [0.2, 0.25) is 0 Å². The smallest absolute Gasteiger partial charge is 0.333 e. The van der Waals surface area contributed by atoms with Crippen LogP contribution in [0.5, 0.6) is 0 Å². The number of anilines is 1. The Morgan fingerprint density at radius 2 is 2.15 bits per heavy atom. The summed E-state index contributed by atoms with van der Waals surface area (Å²) in [6, 6.07) is 0. The van der Waals surface area contributed by atoms with Crippen molar-refractivity contribution >= 4 is 11.5 Å². The summed E-state index contributed by atoms with van der Waals surface area (Å²) in [6.07, 6.45) is 2.71. The predicted octanol–water partition coefficient (Wildman–Crippen LogP) is 1.69. The number of hydrogen-bond donors (Lipinski definition) is 2. The van der Waals surface area contributed by atoms with Gasteiger partial charge in [-0.1, -0.05) is 13.8 Å². The maximum atomic E-state index is 11.2. The molecule has 1 aliphatic rings. The Morgan fingerprint density at radius 3 is 2.70 bits per heavy atom. The van der Waals surface area contributed by atoms with Gasteiger partial charge in [-0.05, 0) is 37.8 Å². The van der Waals surface area contributed by atoms with E-state index in [-0.39, 0.29) is 16.0 Å². The molecule has 0 unspecified atom stereocenters. The van der Waals surface area contributed by atoms with Crippen molar-refractivity contribution in [3.63, 3.8) is 0 Å². The van der Waals surface area contributed by atoms with Crippen molar-refractivity contribution in [2.75, 3.05) is 25.0 Å². The Labute approximate surface area is 118 Å². The third-order valence-corrected chi connectivity index (χ3v) is 4.10. The summed E-state index contributed by atoms with van der Waals surface area (Å²) in [6.45, 7) is 6.85. The molecule has 7 nitrogen and oxygen atoms in total. The Balaban J connectivity index is 2.16. The fourth-order valence-electron chi connectivity index (χ4n) is 2.70. The molecule has 2 rings (SSSR count). The summed E-state index contributed by atoms with van der Waals surface area (Å²) in [5, 5.41) is 22.1. The first-order valence-corrected chi connectivity index (χ1v) is 7.12. The largest absolute Gasteiger partial charge is 0.364 e. The van der Waals surface area contributed by atoms with Crippen LogP contribution in [0.15, 0.2) is 0 Å². The van der Waals surface area contributed by atoms with Crippen LogP contribution in [0, 0.1) is 15.5 Å². The van der Waals surface area contributed by atoms with Crippen molar-refractivity contribution in [1.29, 1.82) is 0 Å². The standard InChI is InChI=1S/C13H23N5O2/c1-4-10-11(18(19)20)12(17(3)16-10)15-9-13(2)5-7-14-8-6-13/h14-15H,4-9H2,1-3H3. The maximum Gasteiger partial charge on any atom is 0.333 e. The van der Waals surface area contributed by atoms with Gasteiger partial charge in [0.1, 0.15) is 5.69 Å². The third kappa shape index (κ3) is 2.92. The Kier molecular flexibility index (Phi) is 4.27. The van der Waals surface area contributed by atoms with E-state index in [1.807, 2.05) is 6.92 Å². The SMILES string of the molecule is CCc1nn(C)c(NCC2(C)CCNCC2)c1[N+](=O)[O-]. The van der Waals surface area contributed by atoms with E-state index in [1.54, 1.807) is 11.7 Å². The lowest BCUT2D eigenvalue weighted by molar-refractivity contribution is -0.384. The van der Waals surface area contributed by atoms with E-state index in [9.17, 15) is 10.1 Å². The lowest BCUT2D eigenvalue weighted by Crippen LogP contribution is -2.39. The summed E-state index contributed by atoms with van der Waals surface area (Å²) in [5.74, 6) is 0.520. The molecular weight excluding hydrogens is 258 g/mol. The first kappa shape index (κ1) is 14.8. The fourth-order valence-corrected chi connectivity index (χ4v) is 2.70. The Bertz CT molecular complexity index is 491. The van der Waals surface area contributed by atoms with Crippen molar-refractivity contribution in [2.24, 2.45) is 12.5 Å². The minimum atomic E-state index is -0.334. The van der Waals surface area contributed by atoms with Gasteiger partial charge in [0.15, 0.2) is 0 Å². The second-order valence-electron chi connectivity index (χ2n) is 5.79. The topological polar surface area (TPSA) is 85.0 Å². The first-order chi connectivity index (χ1) is 9.47. The van der Waals surface area contributed by atoms with Gasteiger partial charge in [-0.25, -0.2) is 4.68 Å². The molecule has 0 aromatic carbocycles. The van der Waals surface area contributed by atoms with E-state index < -0.39 is 0 Å². The average molecular weight is 281 g/mol. The van der Waals surface area contributed by atoms with Crippen LogP contribution in [0.4, 0.5) is 11.5 Å². The predicted molar refractivity (Wildman–Crippen MR) is 77.9 cm³/mol. The Hall–Kier alpha value is -1.63. The molecule has 0 amide bonds. The number of piperidine rings is 1. The second-order valence-corrected chi connectivity index (χ2v) is 5.79. The summed E-state index contributed by atoms with van der Waals surface area (Å²) in [7, 11) is 1.75. The van der Waals surface area contributed by atoms with Crippen LogP contribution >= 0.6 is 0 Å². The van der Waals surface area contributed by atoms with Crippen molar-refractivity contribution in [1.82, 2.24) is 15.1 Å². The number of nitrogens with one attached hydrogen (secondary N) is 2. The van der Waals surface area contributed by atoms with Gasteiger partial charge in [-0.15, -0.1) is 0 Å². The average Bonchev–Trinajstić information content (AvgIpc) is 2.74. The van der Waals surface area contributed by atoms with E-state index >= 15 is 0 Å². The number of rotatable bonds is 5. The van der Waals surface area contributed by atoms with E-state index in [0.717, 1.165) is 32.5 Å². The van der Waals surface area contributed by atoms with Crippen molar-refractivity contribution in [3.05, 3.63) is 15.8 Å². The molecule has 112 valence electrons. The molecule has 0 aliphatic carbocycles. The van der Waals surface area contributed by atoms with Gasteiger partial charge in [0.05, 0.1) is 4.92 Å². The zero-order valence-corrected chi connectivity index (χ0v) is 12.4. The van der Waals surface area contributed by atoms with Crippen molar-refractivity contribution < 1.29 is 4.92 Å². The van der Waals surface area contributed by atoms with E-state index in [0.29, 0.717) is 17.9 Å². The van der Waals surface area contributed by atoms with Gasteiger partial charge < -0.3 is 10.6 Å². The minimum Gasteiger partial charge on any atom is -0.364 e. The van der Waals surface area contributed by atoms with Gasteiger partial charge in [-0.3, -0.25) is 10.1 Å². The number of aryl methyl sites for hydroxylation is 2. The highest BCUT2D eigenvalue weighted by molar-refractivity contribution is 5.59. The summed E-state index contributed by atoms with van der Waals surface area (Å²) < 4.78 is 1.58. The quantitative estimate of drug-likeness (QED) is 0.633. The maximum absolute atomic E-state index is 11.2. The molecule has 0 saturated carbocycles. The second kappa shape index (κ2) is 5.78. The highest BCUT2D eigenvalue weighted by atomic mass is 16.6. The molecule has 20 heavy (non-hydrogen) atoms. The molecule has 1 aliphatic heterocycles. The third-order valence-electron chi connectivity index (χ3n) is 4.10. The zero-order valence-electron chi connectivity index (χ0n) is 12.4. The van der Waals surface area contributed by atoms with Crippen LogP contribution in [0.1, 0.15) is 32.4 Å². The molecule has 1 fully saturated rings. The van der Waals surface area contributed by atoms with Gasteiger partial charge in [0.2, 0.25) is 5.82 Å². The number of aromatic nitrogens is 2. The summed E-state index contributed by atoms with van der Waals surface area (Å²) in [4.78, 5) is 10.9. The van der Waals surface area contributed by atoms with Crippen LogP contribution in [0.25, 0.3) is 0 Å². The lowest BCUT2D eigenvalue weighted by atomic mass is 9.81. The van der Waals surface area contributed by atoms with Crippen LogP contribution in [-0.4, -0.2) is 34.3 Å².